The molecule has 0 unspecified atom stereocenters. The van der Waals surface area contributed by atoms with Crippen molar-refractivity contribution in [3.05, 3.63) is 98.6 Å². The Hall–Kier alpha value is -2.37. The molecule has 0 aliphatic carbocycles. The Balaban J connectivity index is 1.49. The Bertz CT molecular complexity index is 1040. The third-order valence-corrected chi connectivity index (χ3v) is 5.86. The number of ether oxygens (including phenoxy) is 1. The first kappa shape index (κ1) is 18.0. The van der Waals surface area contributed by atoms with Crippen molar-refractivity contribution in [1.82, 2.24) is 0 Å². The van der Waals surface area contributed by atoms with Crippen LogP contribution in [-0.2, 0) is 6.61 Å². The molecule has 0 saturated heterocycles. The summed E-state index contributed by atoms with van der Waals surface area (Å²) in [5.41, 5.74) is 2.56. The Morgan fingerprint density at radius 2 is 1.81 bits per heavy atom. The van der Waals surface area contributed by atoms with Gasteiger partial charge < -0.3 is 4.74 Å². The van der Waals surface area contributed by atoms with Gasteiger partial charge >= 0.3 is 0 Å². The van der Waals surface area contributed by atoms with Crippen LogP contribution in [0.25, 0.3) is 6.08 Å². The van der Waals surface area contributed by atoms with Crippen molar-refractivity contribution in [2.75, 3.05) is 0 Å². The summed E-state index contributed by atoms with van der Waals surface area (Å²) in [6.07, 6.45) is 1.89. The number of allylic oxidation sites excluding steroid dienone is 1. The zero-order chi connectivity index (χ0) is 18.8. The maximum Gasteiger partial charge on any atom is 0.200 e. The summed E-state index contributed by atoms with van der Waals surface area (Å²) in [6, 6.07) is 19.5. The van der Waals surface area contributed by atoms with E-state index in [1.165, 1.54) is 23.9 Å². The quantitative estimate of drug-likeness (QED) is 0.433. The van der Waals surface area contributed by atoms with E-state index >= 15 is 0 Å². The van der Waals surface area contributed by atoms with Gasteiger partial charge in [0.25, 0.3) is 0 Å². The Labute approximate surface area is 169 Å². The van der Waals surface area contributed by atoms with Gasteiger partial charge in [0.15, 0.2) is 0 Å². The van der Waals surface area contributed by atoms with Gasteiger partial charge in [0.05, 0.1) is 9.38 Å². The predicted molar refractivity (Wildman–Crippen MR) is 109 cm³/mol. The second-order valence-corrected chi connectivity index (χ2v) is 7.98. The second kappa shape index (κ2) is 7.71. The zero-order valence-electron chi connectivity index (χ0n) is 14.1. The van der Waals surface area contributed by atoms with E-state index < -0.39 is 0 Å². The fraction of sp³-hybridized carbons (Fsp3) is 0.0455. The van der Waals surface area contributed by atoms with Crippen LogP contribution in [0.15, 0.2) is 81.0 Å². The second-order valence-electron chi connectivity index (χ2n) is 6.04. The average molecular weight is 441 g/mol. The molecule has 5 heteroatoms. The van der Waals surface area contributed by atoms with Crippen molar-refractivity contribution in [2.24, 2.45) is 0 Å². The molecule has 0 aromatic heterocycles. The molecule has 1 aliphatic heterocycles. The molecule has 3 aromatic carbocycles. The summed E-state index contributed by atoms with van der Waals surface area (Å²) in [7, 11) is 0. The first-order valence-electron chi connectivity index (χ1n) is 8.30. The molecule has 1 aliphatic rings. The Morgan fingerprint density at radius 3 is 2.56 bits per heavy atom. The monoisotopic (exact) mass is 440 g/mol. The highest BCUT2D eigenvalue weighted by Crippen LogP contribution is 2.41. The molecular weight excluding hydrogens is 427 g/mol. The van der Waals surface area contributed by atoms with Crippen molar-refractivity contribution in [3.63, 3.8) is 0 Å². The molecule has 3 aromatic rings. The molecule has 0 spiro atoms. The van der Waals surface area contributed by atoms with E-state index in [1.807, 2.05) is 48.5 Å². The molecule has 0 bridgehead atoms. The van der Waals surface area contributed by atoms with E-state index in [2.05, 4.69) is 15.9 Å². The SMILES string of the molecule is O=C1/C(=C\c2ccc(OCc3ccc(F)cc3)c(Br)c2)Sc2ccccc21. The average Bonchev–Trinajstić information content (AvgIpc) is 2.98. The number of carbonyl (C=O) groups excluding carboxylic acids is 1. The van der Waals surface area contributed by atoms with Gasteiger partial charge in [-0.3, -0.25) is 4.79 Å². The summed E-state index contributed by atoms with van der Waals surface area (Å²) >= 11 is 5.01. The third kappa shape index (κ3) is 3.99. The number of hydrogen-bond donors (Lipinski definition) is 0. The lowest BCUT2D eigenvalue weighted by Gasteiger charge is -2.09. The minimum Gasteiger partial charge on any atom is -0.488 e. The molecule has 134 valence electrons. The van der Waals surface area contributed by atoms with Crippen LogP contribution >= 0.6 is 27.7 Å². The summed E-state index contributed by atoms with van der Waals surface area (Å²) in [5, 5.41) is 0. The van der Waals surface area contributed by atoms with Crippen LogP contribution in [-0.4, -0.2) is 5.78 Å². The highest BCUT2D eigenvalue weighted by molar-refractivity contribution is 9.10. The number of carbonyl (C=O) groups is 1. The van der Waals surface area contributed by atoms with Crippen LogP contribution in [0, 0.1) is 5.82 Å². The minimum atomic E-state index is -0.265. The molecular formula is C22H14BrFO2S. The van der Waals surface area contributed by atoms with E-state index in [9.17, 15) is 9.18 Å². The lowest BCUT2D eigenvalue weighted by atomic mass is 10.1. The summed E-state index contributed by atoms with van der Waals surface area (Å²) in [6.45, 7) is 0.350. The van der Waals surface area contributed by atoms with E-state index in [-0.39, 0.29) is 11.6 Å². The number of fused-ring (bicyclic) bond motifs is 1. The topological polar surface area (TPSA) is 26.3 Å². The largest absolute Gasteiger partial charge is 0.488 e. The number of Topliss-reactive ketones (excluding diaryl/α,β-unsaturated/α-hetero) is 1. The fourth-order valence-electron chi connectivity index (χ4n) is 2.75. The van der Waals surface area contributed by atoms with Gasteiger partial charge in [-0.2, -0.15) is 0 Å². The first-order valence-corrected chi connectivity index (χ1v) is 9.91. The summed E-state index contributed by atoms with van der Waals surface area (Å²) in [5.74, 6) is 0.484. The van der Waals surface area contributed by atoms with Gasteiger partial charge in [0, 0.05) is 10.5 Å². The van der Waals surface area contributed by atoms with Crippen LogP contribution < -0.4 is 4.74 Å². The molecule has 27 heavy (non-hydrogen) atoms. The number of hydrogen-bond acceptors (Lipinski definition) is 3. The number of benzene rings is 3. The van der Waals surface area contributed by atoms with E-state index in [0.717, 1.165) is 26.1 Å². The van der Waals surface area contributed by atoms with Crippen molar-refractivity contribution >= 4 is 39.6 Å². The Kier molecular flexibility index (Phi) is 5.14. The highest BCUT2D eigenvalue weighted by Gasteiger charge is 2.25. The Morgan fingerprint density at radius 1 is 1.04 bits per heavy atom. The van der Waals surface area contributed by atoms with Gasteiger partial charge in [-0.05, 0) is 69.5 Å². The lowest BCUT2D eigenvalue weighted by Crippen LogP contribution is -1.96. The van der Waals surface area contributed by atoms with Crippen molar-refractivity contribution in [1.29, 1.82) is 0 Å². The van der Waals surface area contributed by atoms with Crippen LogP contribution in [0.4, 0.5) is 4.39 Å². The van der Waals surface area contributed by atoms with Crippen molar-refractivity contribution in [2.45, 2.75) is 11.5 Å². The highest BCUT2D eigenvalue weighted by atomic mass is 79.9. The first-order chi connectivity index (χ1) is 13.1. The molecule has 0 amide bonds. The smallest absolute Gasteiger partial charge is 0.200 e. The van der Waals surface area contributed by atoms with Crippen molar-refractivity contribution < 1.29 is 13.9 Å². The minimum absolute atomic E-state index is 0.0587. The van der Waals surface area contributed by atoms with Gasteiger partial charge in [-0.25, -0.2) is 4.39 Å². The third-order valence-electron chi connectivity index (χ3n) is 4.14. The molecule has 0 saturated carbocycles. The van der Waals surface area contributed by atoms with Gasteiger partial charge in [0.2, 0.25) is 5.78 Å². The molecule has 0 radical (unpaired) electrons. The van der Waals surface area contributed by atoms with Crippen molar-refractivity contribution in [3.8, 4) is 5.75 Å². The van der Waals surface area contributed by atoms with Crippen LogP contribution in [0.3, 0.4) is 0 Å². The predicted octanol–water partition coefficient (Wildman–Crippen LogP) is 6.50. The number of thioether (sulfide) groups is 1. The molecule has 0 N–H and O–H groups in total. The van der Waals surface area contributed by atoms with Crippen LogP contribution in [0.5, 0.6) is 5.75 Å². The van der Waals surface area contributed by atoms with Gasteiger partial charge in [0.1, 0.15) is 18.2 Å². The lowest BCUT2D eigenvalue weighted by molar-refractivity contribution is 0.104. The maximum atomic E-state index is 13.0. The van der Waals surface area contributed by atoms with E-state index in [4.69, 9.17) is 4.74 Å². The standard InChI is InChI=1S/C22H14BrFO2S/c23-18-11-15(12-21-22(25)17-3-1-2-4-20(17)27-21)7-10-19(18)26-13-14-5-8-16(24)9-6-14/h1-12H,13H2/b21-12+. The van der Waals surface area contributed by atoms with Gasteiger partial charge in [-0.1, -0.05) is 42.1 Å². The molecule has 2 nitrogen and oxygen atoms in total. The van der Waals surface area contributed by atoms with E-state index in [1.54, 1.807) is 12.1 Å². The molecule has 0 fully saturated rings. The number of rotatable bonds is 4. The summed E-state index contributed by atoms with van der Waals surface area (Å²) < 4.78 is 19.6. The molecule has 0 atom stereocenters. The number of halogens is 2. The summed E-state index contributed by atoms with van der Waals surface area (Å²) in [4.78, 5) is 14.2. The zero-order valence-corrected chi connectivity index (χ0v) is 16.5. The molecule has 1 heterocycles. The normalized spacial score (nSPS) is 14.4. The van der Waals surface area contributed by atoms with Crippen LogP contribution in [0.2, 0.25) is 0 Å². The fourth-order valence-corrected chi connectivity index (χ4v) is 4.32. The molecule has 4 rings (SSSR count). The van der Waals surface area contributed by atoms with E-state index in [0.29, 0.717) is 17.3 Å². The van der Waals surface area contributed by atoms with Gasteiger partial charge in [-0.15, -0.1) is 0 Å². The maximum absolute atomic E-state index is 13.0. The number of ketones is 1. The van der Waals surface area contributed by atoms with Crippen LogP contribution in [0.1, 0.15) is 21.5 Å².